The highest BCUT2D eigenvalue weighted by Gasteiger charge is 1.92. The molecule has 0 saturated heterocycles. The lowest BCUT2D eigenvalue weighted by Crippen LogP contribution is -2.48. The molecule has 3 heteroatoms. The van der Waals surface area contributed by atoms with E-state index in [-0.39, 0.29) is 6.29 Å². The molecule has 44 valence electrons. The van der Waals surface area contributed by atoms with E-state index in [1.165, 1.54) is 0 Å². The van der Waals surface area contributed by atoms with Crippen molar-refractivity contribution in [1.82, 2.24) is 5.32 Å². The van der Waals surface area contributed by atoms with Gasteiger partial charge in [0.2, 0.25) is 0 Å². The Morgan fingerprint density at radius 1 is 1.29 bits per heavy atom. The van der Waals surface area contributed by atoms with Crippen LogP contribution in [0.1, 0.15) is 13.8 Å². The fourth-order valence-corrected chi connectivity index (χ4v) is 0.385. The van der Waals surface area contributed by atoms with E-state index in [1.807, 2.05) is 13.8 Å². The monoisotopic (exact) mass is 103 g/mol. The van der Waals surface area contributed by atoms with Crippen LogP contribution in [0.3, 0.4) is 0 Å². The van der Waals surface area contributed by atoms with E-state index >= 15 is 0 Å². The number of nitrogens with two attached hydrogens (primary N) is 2. The van der Waals surface area contributed by atoms with E-state index in [2.05, 4.69) is 5.32 Å². The number of rotatable bonds is 2. The van der Waals surface area contributed by atoms with Crippen molar-refractivity contribution in [2.24, 2.45) is 11.5 Å². The van der Waals surface area contributed by atoms with E-state index in [0.717, 1.165) is 0 Å². The van der Waals surface area contributed by atoms with Crippen LogP contribution in [-0.2, 0) is 0 Å². The molecular formula is C4H13N3. The smallest absolute Gasteiger partial charge is 0.107 e. The summed E-state index contributed by atoms with van der Waals surface area (Å²) in [6.07, 6.45) is -0.375. The second-order valence-corrected chi connectivity index (χ2v) is 1.85. The maximum atomic E-state index is 5.16. The van der Waals surface area contributed by atoms with Crippen LogP contribution in [0.25, 0.3) is 0 Å². The average Bonchev–Trinajstić information content (AvgIpc) is 1.27. The third kappa shape index (κ3) is 5.88. The normalized spacial score (nSPS) is 11.1. The fraction of sp³-hybridized carbons (Fsp3) is 1.00. The minimum Gasteiger partial charge on any atom is -0.304 e. The van der Waals surface area contributed by atoms with Crippen molar-refractivity contribution >= 4 is 0 Å². The molecule has 0 radical (unpaired) electrons. The van der Waals surface area contributed by atoms with Crippen LogP contribution in [0, 0.1) is 0 Å². The van der Waals surface area contributed by atoms with Gasteiger partial charge < -0.3 is 11.5 Å². The van der Waals surface area contributed by atoms with E-state index < -0.39 is 0 Å². The first-order valence-corrected chi connectivity index (χ1v) is 2.40. The van der Waals surface area contributed by atoms with Gasteiger partial charge in [0, 0.05) is 6.04 Å². The summed E-state index contributed by atoms with van der Waals surface area (Å²) in [6, 6.07) is 0.375. The third-order valence-electron chi connectivity index (χ3n) is 0.526. The van der Waals surface area contributed by atoms with Gasteiger partial charge in [0.1, 0.15) is 6.29 Å². The molecule has 0 amide bonds. The Hall–Kier alpha value is -0.120. The fourth-order valence-electron chi connectivity index (χ4n) is 0.385. The van der Waals surface area contributed by atoms with Gasteiger partial charge in [-0.25, -0.2) is 0 Å². The van der Waals surface area contributed by atoms with Crippen LogP contribution < -0.4 is 16.8 Å². The van der Waals surface area contributed by atoms with Crippen LogP contribution in [0.5, 0.6) is 0 Å². The Labute approximate surface area is 44.1 Å². The van der Waals surface area contributed by atoms with Crippen LogP contribution >= 0.6 is 0 Å². The largest absolute Gasteiger partial charge is 0.304 e. The molecule has 0 aromatic rings. The lowest BCUT2D eigenvalue weighted by atomic mass is 10.4. The standard InChI is InChI=1S/C4H13N3/c1-3(2)7-4(5)6/h3-4,7H,5-6H2,1-2H3. The first-order chi connectivity index (χ1) is 3.13. The van der Waals surface area contributed by atoms with Gasteiger partial charge in [0.15, 0.2) is 0 Å². The van der Waals surface area contributed by atoms with E-state index in [1.54, 1.807) is 0 Å². The van der Waals surface area contributed by atoms with Gasteiger partial charge in [-0.05, 0) is 13.8 Å². The molecule has 0 aliphatic carbocycles. The minimum absolute atomic E-state index is 0.375. The summed E-state index contributed by atoms with van der Waals surface area (Å²) in [5.41, 5.74) is 10.3. The zero-order valence-electron chi connectivity index (χ0n) is 4.81. The highest BCUT2D eigenvalue weighted by Crippen LogP contribution is 1.71. The molecule has 5 N–H and O–H groups in total. The molecule has 0 unspecified atom stereocenters. The molecule has 0 aromatic heterocycles. The molecule has 0 aromatic carbocycles. The van der Waals surface area contributed by atoms with Crippen LogP contribution in [0.15, 0.2) is 0 Å². The SMILES string of the molecule is CC(C)NC(N)N. The summed E-state index contributed by atoms with van der Waals surface area (Å²) in [5, 5.41) is 2.86. The molecule has 0 aliphatic rings. The molecule has 0 bridgehead atoms. The second kappa shape index (κ2) is 2.96. The maximum absolute atomic E-state index is 5.16. The summed E-state index contributed by atoms with van der Waals surface area (Å²) >= 11 is 0. The molecule has 0 rings (SSSR count). The Balaban J connectivity index is 2.95. The van der Waals surface area contributed by atoms with Crippen molar-refractivity contribution in [3.63, 3.8) is 0 Å². The van der Waals surface area contributed by atoms with Crippen LogP contribution in [0.4, 0.5) is 0 Å². The molecule has 0 spiro atoms. The molecule has 0 saturated carbocycles. The topological polar surface area (TPSA) is 64.1 Å². The maximum Gasteiger partial charge on any atom is 0.107 e. The summed E-state index contributed by atoms with van der Waals surface area (Å²) in [5.74, 6) is 0. The third-order valence-corrected chi connectivity index (χ3v) is 0.526. The lowest BCUT2D eigenvalue weighted by Gasteiger charge is -2.10. The van der Waals surface area contributed by atoms with Gasteiger partial charge >= 0.3 is 0 Å². The van der Waals surface area contributed by atoms with Gasteiger partial charge in [0.05, 0.1) is 0 Å². The van der Waals surface area contributed by atoms with Crippen molar-refractivity contribution in [2.45, 2.75) is 26.2 Å². The minimum atomic E-state index is -0.375. The molecular weight excluding hydrogens is 90.1 g/mol. The van der Waals surface area contributed by atoms with Gasteiger partial charge in [-0.15, -0.1) is 0 Å². The summed E-state index contributed by atoms with van der Waals surface area (Å²) in [6.45, 7) is 3.99. The molecule has 3 nitrogen and oxygen atoms in total. The van der Waals surface area contributed by atoms with Crippen molar-refractivity contribution in [3.8, 4) is 0 Å². The first kappa shape index (κ1) is 6.88. The van der Waals surface area contributed by atoms with Gasteiger partial charge in [0.25, 0.3) is 0 Å². The van der Waals surface area contributed by atoms with Crippen molar-refractivity contribution in [2.75, 3.05) is 0 Å². The van der Waals surface area contributed by atoms with Gasteiger partial charge in [-0.3, -0.25) is 5.32 Å². The molecule has 0 fully saturated rings. The van der Waals surface area contributed by atoms with Crippen molar-refractivity contribution < 1.29 is 0 Å². The van der Waals surface area contributed by atoms with Gasteiger partial charge in [-0.1, -0.05) is 0 Å². The average molecular weight is 103 g/mol. The van der Waals surface area contributed by atoms with E-state index in [9.17, 15) is 0 Å². The number of hydrogen-bond donors (Lipinski definition) is 3. The Morgan fingerprint density at radius 3 is 1.71 bits per heavy atom. The Kier molecular flexibility index (Phi) is 2.91. The first-order valence-electron chi connectivity index (χ1n) is 2.40. The molecule has 0 aliphatic heterocycles. The molecule has 0 atom stereocenters. The Bertz CT molecular complexity index is 36.2. The zero-order chi connectivity index (χ0) is 5.86. The second-order valence-electron chi connectivity index (χ2n) is 1.85. The summed E-state index contributed by atoms with van der Waals surface area (Å²) in [4.78, 5) is 0. The quantitative estimate of drug-likeness (QED) is 0.400. The Morgan fingerprint density at radius 2 is 1.71 bits per heavy atom. The highest BCUT2D eigenvalue weighted by molar-refractivity contribution is 4.53. The predicted octanol–water partition coefficient (Wildman–Crippen LogP) is -0.815. The zero-order valence-corrected chi connectivity index (χ0v) is 4.81. The lowest BCUT2D eigenvalue weighted by molar-refractivity contribution is 0.486. The van der Waals surface area contributed by atoms with Crippen molar-refractivity contribution in [3.05, 3.63) is 0 Å². The highest BCUT2D eigenvalue weighted by atomic mass is 15.1. The molecule has 7 heavy (non-hydrogen) atoms. The summed E-state index contributed by atoms with van der Waals surface area (Å²) < 4.78 is 0. The van der Waals surface area contributed by atoms with E-state index in [0.29, 0.717) is 6.04 Å². The van der Waals surface area contributed by atoms with Crippen molar-refractivity contribution in [1.29, 1.82) is 0 Å². The van der Waals surface area contributed by atoms with Crippen LogP contribution in [-0.4, -0.2) is 12.3 Å². The number of nitrogens with one attached hydrogen (secondary N) is 1. The number of hydrogen-bond acceptors (Lipinski definition) is 3. The molecule has 0 heterocycles. The van der Waals surface area contributed by atoms with Gasteiger partial charge in [-0.2, -0.15) is 0 Å². The summed E-state index contributed by atoms with van der Waals surface area (Å²) in [7, 11) is 0. The predicted molar refractivity (Wildman–Crippen MR) is 30.4 cm³/mol. The van der Waals surface area contributed by atoms with E-state index in [4.69, 9.17) is 11.5 Å². The van der Waals surface area contributed by atoms with Crippen LogP contribution in [0.2, 0.25) is 0 Å².